The number of anilines is 1. The zero-order valence-corrected chi connectivity index (χ0v) is 12.8. The van der Waals surface area contributed by atoms with E-state index in [-0.39, 0.29) is 5.82 Å². The van der Waals surface area contributed by atoms with Gasteiger partial charge in [-0.15, -0.1) is 0 Å². The summed E-state index contributed by atoms with van der Waals surface area (Å²) in [5, 5.41) is 14.7. The summed E-state index contributed by atoms with van der Waals surface area (Å²) in [4.78, 5) is 0. The minimum atomic E-state index is 0.264. The Morgan fingerprint density at radius 3 is 2.41 bits per heavy atom. The summed E-state index contributed by atoms with van der Waals surface area (Å²) in [6, 6.07) is 16.6. The molecule has 0 spiro atoms. The van der Waals surface area contributed by atoms with Crippen LogP contribution in [0.15, 0.2) is 48.5 Å². The van der Waals surface area contributed by atoms with Gasteiger partial charge in [-0.25, -0.2) is 4.68 Å². The lowest BCUT2D eigenvalue weighted by molar-refractivity contribution is 0.895. The lowest BCUT2D eigenvalue weighted by Gasteiger charge is -2.05. The fourth-order valence-electron chi connectivity index (χ4n) is 2.15. The van der Waals surface area contributed by atoms with Crippen LogP contribution < -0.4 is 5.73 Å². The van der Waals surface area contributed by atoms with Crippen LogP contribution in [0, 0.1) is 11.3 Å². The van der Waals surface area contributed by atoms with E-state index < -0.39 is 0 Å². The number of hydrogen-bond donors (Lipinski definition) is 1. The lowest BCUT2D eigenvalue weighted by atomic mass is 10.1. The molecule has 2 aromatic carbocycles. The Labute approximate surface area is 137 Å². The first-order valence-electron chi connectivity index (χ1n) is 6.41. The van der Waals surface area contributed by atoms with Crippen molar-refractivity contribution in [1.82, 2.24) is 9.78 Å². The molecule has 0 saturated heterocycles. The van der Waals surface area contributed by atoms with Gasteiger partial charge in [0, 0.05) is 5.56 Å². The maximum atomic E-state index is 9.39. The number of nitrogens with two attached hydrogens (primary N) is 1. The zero-order chi connectivity index (χ0) is 15.7. The molecular formula is C16H10Cl2N4. The van der Waals surface area contributed by atoms with E-state index in [1.54, 1.807) is 18.2 Å². The van der Waals surface area contributed by atoms with Gasteiger partial charge in [0.2, 0.25) is 0 Å². The molecule has 0 aliphatic carbocycles. The standard InChI is InChI=1S/C16H10Cl2N4/c17-13-7-6-11(8-14(13)18)22-16(20)12(9-19)15(21-22)10-4-2-1-3-5-10/h1-8H,20H2. The van der Waals surface area contributed by atoms with Crippen LogP contribution in [0.5, 0.6) is 0 Å². The Morgan fingerprint density at radius 2 is 1.77 bits per heavy atom. The van der Waals surface area contributed by atoms with Gasteiger partial charge >= 0.3 is 0 Å². The molecule has 22 heavy (non-hydrogen) atoms. The fourth-order valence-corrected chi connectivity index (χ4v) is 2.45. The van der Waals surface area contributed by atoms with E-state index in [4.69, 9.17) is 28.9 Å². The molecule has 0 radical (unpaired) electrons. The van der Waals surface area contributed by atoms with E-state index in [0.717, 1.165) is 5.56 Å². The van der Waals surface area contributed by atoms with Crippen LogP contribution in [0.2, 0.25) is 10.0 Å². The van der Waals surface area contributed by atoms with Gasteiger partial charge in [0.05, 0.1) is 15.7 Å². The summed E-state index contributed by atoms with van der Waals surface area (Å²) in [5.74, 6) is 0.264. The van der Waals surface area contributed by atoms with Crippen molar-refractivity contribution >= 4 is 29.0 Å². The number of halogens is 2. The highest BCUT2D eigenvalue weighted by Gasteiger charge is 2.18. The van der Waals surface area contributed by atoms with E-state index in [9.17, 15) is 5.26 Å². The molecule has 0 aliphatic heterocycles. The quantitative estimate of drug-likeness (QED) is 0.762. The minimum absolute atomic E-state index is 0.264. The van der Waals surface area contributed by atoms with Crippen molar-refractivity contribution in [3.05, 3.63) is 64.1 Å². The highest BCUT2D eigenvalue weighted by atomic mass is 35.5. The van der Waals surface area contributed by atoms with Crippen LogP contribution in [0.1, 0.15) is 5.56 Å². The molecule has 3 aromatic rings. The maximum absolute atomic E-state index is 9.39. The summed E-state index contributed by atoms with van der Waals surface area (Å²) < 4.78 is 1.49. The molecule has 0 amide bonds. The van der Waals surface area contributed by atoms with E-state index in [2.05, 4.69) is 11.2 Å². The highest BCUT2D eigenvalue weighted by Crippen LogP contribution is 2.30. The van der Waals surface area contributed by atoms with E-state index in [0.29, 0.717) is 27.0 Å². The first-order chi connectivity index (χ1) is 10.6. The van der Waals surface area contributed by atoms with Crippen LogP contribution in [-0.2, 0) is 0 Å². The summed E-state index contributed by atoms with van der Waals surface area (Å²) in [6.07, 6.45) is 0. The number of nitrogen functional groups attached to an aromatic ring is 1. The van der Waals surface area contributed by atoms with Gasteiger partial charge in [-0.2, -0.15) is 10.4 Å². The third-order valence-corrected chi connectivity index (χ3v) is 3.97. The van der Waals surface area contributed by atoms with Crippen LogP contribution in [0.4, 0.5) is 5.82 Å². The predicted molar refractivity (Wildman–Crippen MR) is 88.1 cm³/mol. The smallest absolute Gasteiger partial charge is 0.145 e. The number of benzene rings is 2. The Morgan fingerprint density at radius 1 is 1.05 bits per heavy atom. The summed E-state index contributed by atoms with van der Waals surface area (Å²) >= 11 is 12.0. The van der Waals surface area contributed by atoms with Crippen LogP contribution in [0.25, 0.3) is 16.9 Å². The molecule has 6 heteroatoms. The van der Waals surface area contributed by atoms with Crippen molar-refractivity contribution in [3.63, 3.8) is 0 Å². The predicted octanol–water partition coefficient (Wildman–Crippen LogP) is 4.30. The second-order valence-corrected chi connectivity index (χ2v) is 5.41. The van der Waals surface area contributed by atoms with Gasteiger partial charge in [0.25, 0.3) is 0 Å². The summed E-state index contributed by atoms with van der Waals surface area (Å²) in [5.41, 5.74) is 8.41. The Balaban J connectivity index is 2.20. The second-order valence-electron chi connectivity index (χ2n) is 4.60. The molecule has 0 saturated carbocycles. The zero-order valence-electron chi connectivity index (χ0n) is 11.3. The number of nitrogens with zero attached hydrogens (tertiary/aromatic N) is 3. The number of rotatable bonds is 2. The first-order valence-corrected chi connectivity index (χ1v) is 7.17. The Hall–Kier alpha value is -2.48. The molecule has 1 aromatic heterocycles. The van der Waals surface area contributed by atoms with E-state index >= 15 is 0 Å². The monoisotopic (exact) mass is 328 g/mol. The summed E-state index contributed by atoms with van der Waals surface area (Å²) in [7, 11) is 0. The number of hydrogen-bond acceptors (Lipinski definition) is 3. The van der Waals surface area contributed by atoms with Gasteiger partial charge in [-0.05, 0) is 18.2 Å². The van der Waals surface area contributed by atoms with Crippen molar-refractivity contribution in [2.24, 2.45) is 0 Å². The molecular weight excluding hydrogens is 319 g/mol. The average molecular weight is 329 g/mol. The van der Waals surface area contributed by atoms with E-state index in [1.807, 2.05) is 30.3 Å². The van der Waals surface area contributed by atoms with Gasteiger partial charge in [-0.1, -0.05) is 53.5 Å². The molecule has 2 N–H and O–H groups in total. The highest BCUT2D eigenvalue weighted by molar-refractivity contribution is 6.42. The number of aromatic nitrogens is 2. The number of nitriles is 1. The average Bonchev–Trinajstić information content (AvgIpc) is 2.87. The molecule has 4 nitrogen and oxygen atoms in total. The van der Waals surface area contributed by atoms with E-state index in [1.165, 1.54) is 4.68 Å². The molecule has 0 fully saturated rings. The van der Waals surface area contributed by atoms with Crippen LogP contribution >= 0.6 is 23.2 Å². The molecule has 1 heterocycles. The van der Waals surface area contributed by atoms with Crippen molar-refractivity contribution < 1.29 is 0 Å². The molecule has 3 rings (SSSR count). The molecule has 0 bridgehead atoms. The largest absolute Gasteiger partial charge is 0.382 e. The molecule has 0 atom stereocenters. The van der Waals surface area contributed by atoms with Gasteiger partial charge in [-0.3, -0.25) is 0 Å². The third-order valence-electron chi connectivity index (χ3n) is 3.23. The van der Waals surface area contributed by atoms with Crippen molar-refractivity contribution in [1.29, 1.82) is 5.26 Å². The van der Waals surface area contributed by atoms with Gasteiger partial charge in [0.15, 0.2) is 0 Å². The van der Waals surface area contributed by atoms with Crippen molar-refractivity contribution in [3.8, 4) is 23.0 Å². The Bertz CT molecular complexity index is 879. The molecule has 0 aliphatic rings. The lowest BCUT2D eigenvalue weighted by Crippen LogP contribution is -2.02. The van der Waals surface area contributed by atoms with Crippen molar-refractivity contribution in [2.75, 3.05) is 5.73 Å². The maximum Gasteiger partial charge on any atom is 0.145 e. The minimum Gasteiger partial charge on any atom is -0.382 e. The van der Waals surface area contributed by atoms with Crippen molar-refractivity contribution in [2.45, 2.75) is 0 Å². The summed E-state index contributed by atoms with van der Waals surface area (Å²) in [6.45, 7) is 0. The SMILES string of the molecule is N#Cc1c(-c2ccccc2)nn(-c2ccc(Cl)c(Cl)c2)c1N. The molecule has 108 valence electrons. The topological polar surface area (TPSA) is 67.6 Å². The second kappa shape index (κ2) is 5.72. The van der Waals surface area contributed by atoms with Crippen LogP contribution in [0.3, 0.4) is 0 Å². The Kier molecular flexibility index (Phi) is 3.76. The normalized spacial score (nSPS) is 10.4. The molecule has 0 unspecified atom stereocenters. The third kappa shape index (κ3) is 2.41. The fraction of sp³-hybridized carbons (Fsp3) is 0. The van der Waals surface area contributed by atoms with Gasteiger partial charge < -0.3 is 5.73 Å². The first kappa shape index (κ1) is 14.5. The van der Waals surface area contributed by atoms with Crippen LogP contribution in [-0.4, -0.2) is 9.78 Å². The van der Waals surface area contributed by atoms with Gasteiger partial charge in [0.1, 0.15) is 23.1 Å².